The molecule has 0 saturated heterocycles. The number of carbonyl (C=O) groups excluding carboxylic acids is 1. The third-order valence-corrected chi connectivity index (χ3v) is 4.93. The maximum absolute atomic E-state index is 12.4. The van der Waals surface area contributed by atoms with E-state index in [1.165, 1.54) is 0 Å². The van der Waals surface area contributed by atoms with Crippen LogP contribution in [0.15, 0.2) is 42.7 Å². The third-order valence-electron chi connectivity index (χ3n) is 4.17. The predicted molar refractivity (Wildman–Crippen MR) is 92.3 cm³/mol. The van der Waals surface area contributed by atoms with E-state index in [0.29, 0.717) is 24.8 Å². The minimum Gasteiger partial charge on any atom is -0.367 e. The maximum atomic E-state index is 12.4. The van der Waals surface area contributed by atoms with E-state index in [1.54, 1.807) is 6.20 Å². The molecule has 1 fully saturated rings. The SMILES string of the molecule is CS(=O)(=O)NC1CC(NC(=O)c2c[nH]cc2Cc2ccccc2)C1. The molecule has 2 aromatic rings. The summed E-state index contributed by atoms with van der Waals surface area (Å²) >= 11 is 0. The molecule has 1 amide bonds. The number of H-pyrrole nitrogens is 1. The van der Waals surface area contributed by atoms with Crippen molar-refractivity contribution in [1.29, 1.82) is 0 Å². The lowest BCUT2D eigenvalue weighted by Gasteiger charge is -2.35. The summed E-state index contributed by atoms with van der Waals surface area (Å²) in [5.74, 6) is -0.120. The molecule has 3 N–H and O–H groups in total. The fourth-order valence-electron chi connectivity index (χ4n) is 2.97. The van der Waals surface area contributed by atoms with Crippen molar-refractivity contribution in [2.45, 2.75) is 31.3 Å². The van der Waals surface area contributed by atoms with Gasteiger partial charge in [-0.3, -0.25) is 4.79 Å². The molecule has 0 bridgehead atoms. The van der Waals surface area contributed by atoms with Crippen molar-refractivity contribution in [3.05, 3.63) is 59.4 Å². The Bertz CT molecular complexity index is 809. The quantitative estimate of drug-likeness (QED) is 0.738. The van der Waals surface area contributed by atoms with Gasteiger partial charge in [0.2, 0.25) is 10.0 Å². The number of benzene rings is 1. The van der Waals surface area contributed by atoms with Gasteiger partial charge in [0.15, 0.2) is 0 Å². The molecule has 1 heterocycles. The van der Waals surface area contributed by atoms with Crippen LogP contribution in [0.25, 0.3) is 0 Å². The van der Waals surface area contributed by atoms with Crippen molar-refractivity contribution in [2.75, 3.05) is 6.26 Å². The summed E-state index contributed by atoms with van der Waals surface area (Å²) in [5.41, 5.74) is 2.73. The molecule has 1 aromatic carbocycles. The number of hydrogen-bond acceptors (Lipinski definition) is 3. The fraction of sp³-hybridized carbons (Fsp3) is 0.353. The van der Waals surface area contributed by atoms with Gasteiger partial charge in [0.25, 0.3) is 5.91 Å². The van der Waals surface area contributed by atoms with Gasteiger partial charge in [-0.25, -0.2) is 13.1 Å². The number of carbonyl (C=O) groups is 1. The predicted octanol–water partition coefficient (Wildman–Crippen LogP) is 1.42. The Hall–Kier alpha value is -2.12. The van der Waals surface area contributed by atoms with Crippen LogP contribution in [0.3, 0.4) is 0 Å². The zero-order valence-electron chi connectivity index (χ0n) is 13.5. The molecule has 0 radical (unpaired) electrons. The first-order chi connectivity index (χ1) is 11.4. The standard InChI is InChI=1S/C17H21N3O3S/c1-24(22,23)20-15-8-14(9-15)19-17(21)16-11-18-10-13(16)7-12-5-3-2-4-6-12/h2-6,10-11,14-15,18,20H,7-9H2,1H3,(H,19,21). The second-order valence-corrected chi connectivity index (χ2v) is 8.07. The van der Waals surface area contributed by atoms with Gasteiger partial charge >= 0.3 is 0 Å². The van der Waals surface area contributed by atoms with E-state index in [0.717, 1.165) is 17.4 Å². The van der Waals surface area contributed by atoms with Crippen LogP contribution in [0, 0.1) is 0 Å². The summed E-state index contributed by atoms with van der Waals surface area (Å²) in [7, 11) is -3.19. The highest BCUT2D eigenvalue weighted by atomic mass is 32.2. The van der Waals surface area contributed by atoms with Gasteiger partial charge in [0, 0.05) is 24.5 Å². The van der Waals surface area contributed by atoms with E-state index in [-0.39, 0.29) is 18.0 Å². The van der Waals surface area contributed by atoms with Crippen LogP contribution in [-0.2, 0) is 16.4 Å². The number of rotatable bonds is 6. The van der Waals surface area contributed by atoms with E-state index < -0.39 is 10.0 Å². The Kier molecular flexibility index (Phi) is 4.73. The average molecular weight is 347 g/mol. The molecule has 0 aliphatic heterocycles. The molecular weight excluding hydrogens is 326 g/mol. The lowest BCUT2D eigenvalue weighted by Crippen LogP contribution is -2.53. The van der Waals surface area contributed by atoms with E-state index in [4.69, 9.17) is 0 Å². The van der Waals surface area contributed by atoms with E-state index >= 15 is 0 Å². The second-order valence-electron chi connectivity index (χ2n) is 6.29. The minimum absolute atomic E-state index is 0.0104. The van der Waals surface area contributed by atoms with Crippen molar-refractivity contribution in [3.63, 3.8) is 0 Å². The number of amides is 1. The highest BCUT2D eigenvalue weighted by Crippen LogP contribution is 2.22. The van der Waals surface area contributed by atoms with Crippen LogP contribution < -0.4 is 10.0 Å². The lowest BCUT2D eigenvalue weighted by molar-refractivity contribution is 0.0907. The highest BCUT2D eigenvalue weighted by molar-refractivity contribution is 7.88. The molecule has 24 heavy (non-hydrogen) atoms. The molecule has 0 atom stereocenters. The average Bonchev–Trinajstić information content (AvgIpc) is 2.93. The fourth-order valence-corrected chi connectivity index (χ4v) is 3.77. The third kappa shape index (κ3) is 4.24. The molecule has 7 heteroatoms. The highest BCUT2D eigenvalue weighted by Gasteiger charge is 2.32. The maximum Gasteiger partial charge on any atom is 0.253 e. The normalized spacial score (nSPS) is 20.4. The van der Waals surface area contributed by atoms with Gasteiger partial charge in [-0.15, -0.1) is 0 Å². The number of aromatic amines is 1. The van der Waals surface area contributed by atoms with Crippen molar-refractivity contribution >= 4 is 15.9 Å². The Morgan fingerprint density at radius 2 is 1.88 bits per heavy atom. The molecule has 128 valence electrons. The Morgan fingerprint density at radius 1 is 1.17 bits per heavy atom. The monoisotopic (exact) mass is 347 g/mol. The van der Waals surface area contributed by atoms with Crippen LogP contribution in [0.5, 0.6) is 0 Å². The minimum atomic E-state index is -3.19. The first-order valence-electron chi connectivity index (χ1n) is 7.88. The molecule has 3 rings (SSSR count). The lowest BCUT2D eigenvalue weighted by atomic mass is 9.87. The van der Waals surface area contributed by atoms with Crippen molar-refractivity contribution < 1.29 is 13.2 Å². The first-order valence-corrected chi connectivity index (χ1v) is 9.77. The molecule has 1 aliphatic carbocycles. The number of hydrogen-bond donors (Lipinski definition) is 3. The Balaban J connectivity index is 1.56. The summed E-state index contributed by atoms with van der Waals surface area (Å²) in [6.07, 6.45) is 6.63. The molecule has 1 aromatic heterocycles. The molecule has 1 saturated carbocycles. The zero-order valence-corrected chi connectivity index (χ0v) is 14.3. The van der Waals surface area contributed by atoms with Gasteiger partial charge in [-0.2, -0.15) is 0 Å². The van der Waals surface area contributed by atoms with E-state index in [9.17, 15) is 13.2 Å². The number of nitrogens with one attached hydrogen (secondary N) is 3. The van der Waals surface area contributed by atoms with Crippen molar-refractivity contribution in [3.8, 4) is 0 Å². The van der Waals surface area contributed by atoms with Crippen molar-refractivity contribution in [2.24, 2.45) is 0 Å². The summed E-state index contributed by atoms with van der Waals surface area (Å²) < 4.78 is 24.9. The summed E-state index contributed by atoms with van der Waals surface area (Å²) in [5, 5.41) is 2.97. The van der Waals surface area contributed by atoms with E-state index in [1.807, 2.05) is 36.5 Å². The van der Waals surface area contributed by atoms with Crippen LogP contribution in [0.4, 0.5) is 0 Å². The molecule has 0 unspecified atom stereocenters. The van der Waals surface area contributed by atoms with Crippen LogP contribution in [0.1, 0.15) is 34.3 Å². The van der Waals surface area contributed by atoms with Crippen molar-refractivity contribution in [1.82, 2.24) is 15.0 Å². The largest absolute Gasteiger partial charge is 0.367 e. The molecular formula is C17H21N3O3S. The number of sulfonamides is 1. The molecule has 1 aliphatic rings. The second kappa shape index (κ2) is 6.78. The number of aromatic nitrogens is 1. The molecule has 6 nitrogen and oxygen atoms in total. The topological polar surface area (TPSA) is 91.1 Å². The Morgan fingerprint density at radius 3 is 2.54 bits per heavy atom. The van der Waals surface area contributed by atoms with Gasteiger partial charge in [-0.05, 0) is 30.4 Å². The zero-order chi connectivity index (χ0) is 17.2. The van der Waals surface area contributed by atoms with Gasteiger partial charge in [0.1, 0.15) is 0 Å². The summed E-state index contributed by atoms with van der Waals surface area (Å²) in [6.45, 7) is 0. The smallest absolute Gasteiger partial charge is 0.253 e. The summed E-state index contributed by atoms with van der Waals surface area (Å²) in [6, 6.07) is 9.91. The van der Waals surface area contributed by atoms with Gasteiger partial charge < -0.3 is 10.3 Å². The van der Waals surface area contributed by atoms with Gasteiger partial charge in [0.05, 0.1) is 11.8 Å². The molecule has 0 spiro atoms. The summed E-state index contributed by atoms with van der Waals surface area (Å²) in [4.78, 5) is 15.4. The van der Waals surface area contributed by atoms with Gasteiger partial charge in [-0.1, -0.05) is 30.3 Å². The Labute approximate surface area is 141 Å². The van der Waals surface area contributed by atoms with E-state index in [2.05, 4.69) is 15.0 Å². The van der Waals surface area contributed by atoms with Crippen LogP contribution >= 0.6 is 0 Å². The first kappa shape index (κ1) is 16.7. The van der Waals surface area contributed by atoms with Crippen LogP contribution in [-0.4, -0.2) is 37.6 Å². The van der Waals surface area contributed by atoms with Crippen LogP contribution in [0.2, 0.25) is 0 Å².